The molecule has 2 unspecified atom stereocenters. The first-order valence-corrected chi connectivity index (χ1v) is 10.7. The molecule has 6 nitrogen and oxygen atoms in total. The summed E-state index contributed by atoms with van der Waals surface area (Å²) in [6, 6.07) is 18.1. The lowest BCUT2D eigenvalue weighted by molar-refractivity contribution is -0.135. The van der Waals surface area contributed by atoms with E-state index in [2.05, 4.69) is 9.97 Å². The summed E-state index contributed by atoms with van der Waals surface area (Å²) in [6.45, 7) is 0. The Morgan fingerprint density at radius 3 is 2.42 bits per heavy atom. The Morgan fingerprint density at radius 1 is 0.968 bits per heavy atom. The van der Waals surface area contributed by atoms with E-state index in [4.69, 9.17) is 11.6 Å². The van der Waals surface area contributed by atoms with E-state index >= 15 is 0 Å². The second-order valence-corrected chi connectivity index (χ2v) is 8.50. The molecule has 0 N–H and O–H groups in total. The molecule has 1 aliphatic rings. The number of nitrogens with zero attached hydrogens (tertiary/aromatic N) is 3. The molecule has 0 spiro atoms. The number of carbonyl (C=O) groups is 3. The zero-order valence-corrected chi connectivity index (χ0v) is 17.5. The standard InChI is InChI=1S/C23H14ClN3O3S/c24-14-10-8-13(9-11-14)20(28)18-19(16-6-3-4-12-25-16)27(22(30)21(18)29)23-26-15-5-1-2-7-17(15)31-23/h1-12,18-19H. The Balaban J connectivity index is 1.65. The molecule has 1 saturated heterocycles. The molecular weight excluding hydrogens is 434 g/mol. The Morgan fingerprint density at radius 2 is 1.71 bits per heavy atom. The number of hydrogen-bond donors (Lipinski definition) is 0. The average Bonchev–Trinajstić information content (AvgIpc) is 3.33. The summed E-state index contributed by atoms with van der Waals surface area (Å²) in [7, 11) is 0. The van der Waals surface area contributed by atoms with E-state index in [1.54, 1.807) is 48.7 Å². The van der Waals surface area contributed by atoms with E-state index in [0.717, 1.165) is 10.2 Å². The summed E-state index contributed by atoms with van der Waals surface area (Å²) in [6.07, 6.45) is 1.57. The van der Waals surface area contributed by atoms with Crippen LogP contribution in [0.15, 0.2) is 72.9 Å². The zero-order chi connectivity index (χ0) is 21.5. The molecule has 0 bridgehead atoms. The van der Waals surface area contributed by atoms with E-state index in [1.807, 2.05) is 24.3 Å². The van der Waals surface area contributed by atoms with Crippen molar-refractivity contribution in [3.8, 4) is 0 Å². The molecule has 4 aromatic rings. The largest absolute Gasteiger partial charge is 0.297 e. The lowest BCUT2D eigenvalue weighted by Gasteiger charge is -2.24. The van der Waals surface area contributed by atoms with Gasteiger partial charge < -0.3 is 0 Å². The number of ketones is 2. The molecule has 2 aromatic heterocycles. The van der Waals surface area contributed by atoms with Gasteiger partial charge in [0.05, 0.1) is 22.0 Å². The summed E-state index contributed by atoms with van der Waals surface area (Å²) < 4.78 is 0.880. The summed E-state index contributed by atoms with van der Waals surface area (Å²) >= 11 is 7.23. The number of aromatic nitrogens is 2. The van der Waals surface area contributed by atoms with Crippen LogP contribution < -0.4 is 4.90 Å². The van der Waals surface area contributed by atoms with Crippen molar-refractivity contribution in [2.45, 2.75) is 6.04 Å². The van der Waals surface area contributed by atoms with Crippen LogP contribution in [0.4, 0.5) is 5.13 Å². The minimum atomic E-state index is -1.23. The van der Waals surface area contributed by atoms with Crippen molar-refractivity contribution < 1.29 is 14.4 Å². The maximum atomic E-state index is 13.4. The second kappa shape index (κ2) is 7.68. The molecule has 8 heteroatoms. The Hall–Kier alpha value is -3.42. The monoisotopic (exact) mass is 447 g/mol. The second-order valence-electron chi connectivity index (χ2n) is 7.05. The van der Waals surface area contributed by atoms with E-state index in [0.29, 0.717) is 21.4 Å². The normalized spacial score (nSPS) is 18.7. The number of halogens is 1. The number of thiazole rings is 1. The molecule has 1 amide bonds. The molecule has 0 radical (unpaired) electrons. The predicted octanol–water partition coefficient (Wildman–Crippen LogP) is 4.50. The van der Waals surface area contributed by atoms with Crippen molar-refractivity contribution >= 4 is 55.8 Å². The van der Waals surface area contributed by atoms with Gasteiger partial charge in [0.25, 0.3) is 5.91 Å². The molecule has 1 fully saturated rings. The number of Topliss-reactive ketones (excluding diaryl/α,β-unsaturated/α-hetero) is 2. The number of benzene rings is 2. The van der Waals surface area contributed by atoms with Gasteiger partial charge in [-0.2, -0.15) is 0 Å². The van der Waals surface area contributed by atoms with Gasteiger partial charge in [-0.15, -0.1) is 0 Å². The van der Waals surface area contributed by atoms with Crippen LogP contribution >= 0.6 is 22.9 Å². The number of rotatable bonds is 4. The molecule has 0 saturated carbocycles. The summed E-state index contributed by atoms with van der Waals surface area (Å²) in [4.78, 5) is 49.8. The third-order valence-corrected chi connectivity index (χ3v) is 6.48. The average molecular weight is 448 g/mol. The number of hydrogen-bond acceptors (Lipinski definition) is 6. The minimum Gasteiger partial charge on any atom is -0.293 e. The lowest BCUT2D eigenvalue weighted by atomic mass is 9.88. The van der Waals surface area contributed by atoms with Crippen molar-refractivity contribution in [1.82, 2.24) is 9.97 Å². The van der Waals surface area contributed by atoms with Crippen LogP contribution in [-0.2, 0) is 9.59 Å². The van der Waals surface area contributed by atoms with Crippen LogP contribution in [0.25, 0.3) is 10.2 Å². The van der Waals surface area contributed by atoms with Gasteiger partial charge in [-0.05, 0) is 48.5 Å². The fraction of sp³-hybridized carbons (Fsp3) is 0.0870. The van der Waals surface area contributed by atoms with E-state index < -0.39 is 29.4 Å². The maximum Gasteiger partial charge on any atom is 0.297 e. The van der Waals surface area contributed by atoms with Crippen LogP contribution in [0.2, 0.25) is 5.02 Å². The van der Waals surface area contributed by atoms with Crippen LogP contribution in [-0.4, -0.2) is 27.4 Å². The number of anilines is 1. The number of carbonyl (C=O) groups excluding carboxylic acids is 3. The maximum absolute atomic E-state index is 13.4. The van der Waals surface area contributed by atoms with Gasteiger partial charge in [-0.25, -0.2) is 4.98 Å². The van der Waals surface area contributed by atoms with Gasteiger partial charge in [0, 0.05) is 16.8 Å². The third kappa shape index (κ3) is 3.32. The van der Waals surface area contributed by atoms with Gasteiger partial charge in [-0.3, -0.25) is 24.3 Å². The van der Waals surface area contributed by atoms with Crippen molar-refractivity contribution in [2.75, 3.05) is 4.90 Å². The SMILES string of the molecule is O=C1C(=O)N(c2nc3ccccc3s2)C(c2ccccn2)C1C(=O)c1ccc(Cl)cc1. The van der Waals surface area contributed by atoms with Crippen LogP contribution in [0.3, 0.4) is 0 Å². The number of amides is 1. The number of pyridine rings is 1. The molecular formula is C23H14ClN3O3S. The van der Waals surface area contributed by atoms with E-state index in [-0.39, 0.29) is 0 Å². The van der Waals surface area contributed by atoms with Gasteiger partial charge in [0.1, 0.15) is 5.92 Å². The summed E-state index contributed by atoms with van der Waals surface area (Å²) in [5, 5.41) is 0.837. The first-order valence-electron chi connectivity index (χ1n) is 9.48. The van der Waals surface area contributed by atoms with Crippen molar-refractivity contribution in [3.05, 3.63) is 89.2 Å². The van der Waals surface area contributed by atoms with Gasteiger partial charge in [-0.1, -0.05) is 41.1 Å². The van der Waals surface area contributed by atoms with Gasteiger partial charge in [0.15, 0.2) is 10.9 Å². The van der Waals surface area contributed by atoms with E-state index in [9.17, 15) is 14.4 Å². The first kappa shape index (κ1) is 19.5. The molecule has 3 heterocycles. The molecule has 152 valence electrons. The Bertz CT molecular complexity index is 1290. The topological polar surface area (TPSA) is 80.2 Å². The highest BCUT2D eigenvalue weighted by atomic mass is 35.5. The smallest absolute Gasteiger partial charge is 0.293 e. The fourth-order valence-electron chi connectivity index (χ4n) is 3.75. The highest BCUT2D eigenvalue weighted by molar-refractivity contribution is 7.22. The molecule has 31 heavy (non-hydrogen) atoms. The third-order valence-electron chi connectivity index (χ3n) is 5.20. The molecule has 1 aliphatic heterocycles. The van der Waals surface area contributed by atoms with Crippen molar-refractivity contribution in [1.29, 1.82) is 0 Å². The quantitative estimate of drug-likeness (QED) is 0.261. The minimum absolute atomic E-state index is 0.308. The van der Waals surface area contributed by atoms with Crippen molar-refractivity contribution in [3.63, 3.8) is 0 Å². The van der Waals surface area contributed by atoms with Crippen LogP contribution in [0.1, 0.15) is 22.1 Å². The predicted molar refractivity (Wildman–Crippen MR) is 118 cm³/mol. The lowest BCUT2D eigenvalue weighted by Crippen LogP contribution is -2.31. The first-order chi connectivity index (χ1) is 15.0. The molecule has 2 aromatic carbocycles. The molecule has 2 atom stereocenters. The highest BCUT2D eigenvalue weighted by Crippen LogP contribution is 2.43. The summed E-state index contributed by atoms with van der Waals surface area (Å²) in [5.74, 6) is -3.21. The highest BCUT2D eigenvalue weighted by Gasteiger charge is 2.53. The number of fused-ring (bicyclic) bond motifs is 1. The van der Waals surface area contributed by atoms with Crippen LogP contribution in [0.5, 0.6) is 0 Å². The molecule has 0 aliphatic carbocycles. The fourth-order valence-corrected chi connectivity index (χ4v) is 4.88. The van der Waals surface area contributed by atoms with E-state index in [1.165, 1.54) is 16.2 Å². The van der Waals surface area contributed by atoms with Gasteiger partial charge >= 0.3 is 0 Å². The number of para-hydroxylation sites is 1. The zero-order valence-electron chi connectivity index (χ0n) is 15.9. The molecule has 5 rings (SSSR count). The summed E-state index contributed by atoms with van der Waals surface area (Å²) in [5.41, 5.74) is 1.48. The Kier molecular flexibility index (Phi) is 4.84. The van der Waals surface area contributed by atoms with Crippen LogP contribution in [0, 0.1) is 5.92 Å². The van der Waals surface area contributed by atoms with Gasteiger partial charge in [0.2, 0.25) is 5.78 Å². The Labute approximate surface area is 186 Å². The van der Waals surface area contributed by atoms with Crippen molar-refractivity contribution in [2.24, 2.45) is 5.92 Å².